The van der Waals surface area contributed by atoms with Crippen LogP contribution in [0.3, 0.4) is 0 Å². The summed E-state index contributed by atoms with van der Waals surface area (Å²) < 4.78 is 1.03. The highest BCUT2D eigenvalue weighted by Crippen LogP contribution is 1.81. The summed E-state index contributed by atoms with van der Waals surface area (Å²) in [5.74, 6) is 0. The van der Waals surface area contributed by atoms with Gasteiger partial charge in [0.25, 0.3) is 11.1 Å². The molecule has 72 valence electrons. The van der Waals surface area contributed by atoms with E-state index in [9.17, 15) is 9.59 Å². The first-order valence-electron chi connectivity index (χ1n) is 3.82. The number of aromatic amines is 1. The Morgan fingerprint density at radius 1 is 1.54 bits per heavy atom. The van der Waals surface area contributed by atoms with Gasteiger partial charge in [-0.3, -0.25) is 14.7 Å². The van der Waals surface area contributed by atoms with Crippen LogP contribution in [0.1, 0.15) is 0 Å². The van der Waals surface area contributed by atoms with Crippen LogP contribution in [0, 0.1) is 0 Å². The van der Waals surface area contributed by atoms with Crippen LogP contribution in [-0.4, -0.2) is 27.5 Å². The quantitative estimate of drug-likeness (QED) is 0.500. The number of H-pyrrole nitrogens is 1. The number of aliphatic hydroxyl groups excluding tert-OH is 1. The van der Waals surface area contributed by atoms with Crippen LogP contribution in [0.2, 0.25) is 0 Å². The van der Waals surface area contributed by atoms with E-state index in [0.29, 0.717) is 0 Å². The van der Waals surface area contributed by atoms with Crippen molar-refractivity contribution < 1.29 is 5.11 Å². The van der Waals surface area contributed by atoms with Gasteiger partial charge in [0, 0.05) is 18.7 Å². The lowest BCUT2D eigenvalue weighted by atomic mass is 10.3. The Morgan fingerprint density at radius 2 is 2.23 bits per heavy atom. The highest BCUT2D eigenvalue weighted by Gasteiger charge is 2.03. The molecule has 0 amide bonds. The second-order valence-corrected chi connectivity index (χ2v) is 2.65. The van der Waals surface area contributed by atoms with Crippen molar-refractivity contribution in [1.29, 1.82) is 0 Å². The van der Waals surface area contributed by atoms with Gasteiger partial charge in [0.05, 0.1) is 12.6 Å². The molecule has 0 radical (unpaired) electrons. The number of aliphatic hydroxyl groups is 1. The molecule has 0 aliphatic carbocycles. The number of hydrogen-bond donors (Lipinski definition) is 3. The van der Waals surface area contributed by atoms with Crippen molar-refractivity contribution in [2.45, 2.75) is 12.6 Å². The number of nitrogens with two attached hydrogens (primary N) is 1. The van der Waals surface area contributed by atoms with Crippen molar-refractivity contribution in [2.24, 2.45) is 5.73 Å². The van der Waals surface area contributed by atoms with E-state index in [0.717, 1.165) is 16.8 Å². The average Bonchev–Trinajstić information content (AvgIpc) is 2.11. The largest absolute Gasteiger partial charge is 0.390 e. The maximum atomic E-state index is 11.1. The molecule has 0 aromatic carbocycles. The lowest BCUT2D eigenvalue weighted by Gasteiger charge is -2.08. The van der Waals surface area contributed by atoms with Crippen molar-refractivity contribution in [3.8, 4) is 0 Å². The molecule has 0 fully saturated rings. The van der Waals surface area contributed by atoms with Crippen LogP contribution in [0.5, 0.6) is 0 Å². The van der Waals surface area contributed by atoms with E-state index in [1.54, 1.807) is 0 Å². The van der Waals surface area contributed by atoms with Crippen molar-refractivity contribution in [1.82, 2.24) is 9.78 Å². The first-order valence-corrected chi connectivity index (χ1v) is 3.82. The molecule has 0 unspecified atom stereocenters. The molecule has 0 bridgehead atoms. The number of aromatic nitrogens is 2. The van der Waals surface area contributed by atoms with Crippen molar-refractivity contribution >= 4 is 0 Å². The van der Waals surface area contributed by atoms with Gasteiger partial charge in [-0.15, -0.1) is 0 Å². The third-order valence-corrected chi connectivity index (χ3v) is 1.55. The van der Waals surface area contributed by atoms with Gasteiger partial charge in [-0.1, -0.05) is 0 Å². The molecule has 1 atom stereocenters. The fourth-order valence-corrected chi connectivity index (χ4v) is 0.883. The Labute approximate surface area is 73.6 Å². The standard InChI is InChI=1S/C7H11N3O3/c8-3-5(11)4-10-7(13)2-1-6(12)9-10/h1-2,5,11H,3-4,8H2,(H,9,12)/t5-/m0/s1. The Bertz CT molecular complexity index is 381. The summed E-state index contributed by atoms with van der Waals surface area (Å²) in [6.45, 7) is 0.0504. The molecule has 0 aliphatic rings. The monoisotopic (exact) mass is 185 g/mol. The summed E-state index contributed by atoms with van der Waals surface area (Å²) in [5, 5.41) is 11.4. The molecule has 0 saturated heterocycles. The number of rotatable bonds is 3. The molecule has 1 heterocycles. The van der Waals surface area contributed by atoms with Crippen LogP contribution < -0.4 is 16.9 Å². The minimum atomic E-state index is -0.823. The molecule has 0 aliphatic heterocycles. The van der Waals surface area contributed by atoms with E-state index in [1.165, 1.54) is 0 Å². The highest BCUT2D eigenvalue weighted by molar-refractivity contribution is 4.86. The first-order chi connectivity index (χ1) is 6.13. The van der Waals surface area contributed by atoms with Crippen LogP contribution in [0.15, 0.2) is 21.7 Å². The molecule has 0 saturated carbocycles. The molecule has 1 aromatic rings. The second kappa shape index (κ2) is 4.01. The summed E-state index contributed by atoms with van der Waals surface area (Å²) in [6, 6.07) is 2.27. The average molecular weight is 185 g/mol. The Morgan fingerprint density at radius 3 is 2.85 bits per heavy atom. The third kappa shape index (κ3) is 2.53. The second-order valence-electron chi connectivity index (χ2n) is 2.65. The lowest BCUT2D eigenvalue weighted by molar-refractivity contribution is 0.154. The summed E-state index contributed by atoms with van der Waals surface area (Å²) >= 11 is 0. The van der Waals surface area contributed by atoms with Gasteiger partial charge in [0.15, 0.2) is 0 Å². The predicted molar refractivity (Wildman–Crippen MR) is 46.4 cm³/mol. The summed E-state index contributed by atoms with van der Waals surface area (Å²) in [6.07, 6.45) is -0.823. The zero-order valence-electron chi connectivity index (χ0n) is 6.93. The predicted octanol–water partition coefficient (Wildman–Crippen LogP) is -2.14. The van der Waals surface area contributed by atoms with Gasteiger partial charge >= 0.3 is 0 Å². The Balaban J connectivity index is 2.94. The smallest absolute Gasteiger partial charge is 0.265 e. The van der Waals surface area contributed by atoms with Gasteiger partial charge < -0.3 is 10.8 Å². The van der Waals surface area contributed by atoms with Crippen molar-refractivity contribution in [2.75, 3.05) is 6.54 Å². The molecule has 4 N–H and O–H groups in total. The van der Waals surface area contributed by atoms with Gasteiger partial charge in [-0.2, -0.15) is 0 Å². The molecule has 6 nitrogen and oxygen atoms in total. The molecular weight excluding hydrogens is 174 g/mol. The van der Waals surface area contributed by atoms with E-state index in [1.807, 2.05) is 0 Å². The maximum Gasteiger partial charge on any atom is 0.265 e. The summed E-state index contributed by atoms with van der Waals surface area (Å²) in [4.78, 5) is 21.8. The van der Waals surface area contributed by atoms with E-state index in [4.69, 9.17) is 10.8 Å². The van der Waals surface area contributed by atoms with Gasteiger partial charge in [0.1, 0.15) is 0 Å². The highest BCUT2D eigenvalue weighted by atomic mass is 16.3. The SMILES string of the molecule is NC[C@H](O)Cn1[nH]c(=O)ccc1=O. The topological polar surface area (TPSA) is 101 Å². The Kier molecular flexibility index (Phi) is 2.99. The zero-order valence-corrected chi connectivity index (χ0v) is 6.93. The fourth-order valence-electron chi connectivity index (χ4n) is 0.883. The first kappa shape index (κ1) is 9.69. The molecule has 1 rings (SSSR count). The van der Waals surface area contributed by atoms with E-state index >= 15 is 0 Å². The summed E-state index contributed by atoms with van der Waals surface area (Å²) in [5.41, 5.74) is 4.40. The molecule has 0 spiro atoms. The number of nitrogens with zero attached hydrogens (tertiary/aromatic N) is 1. The van der Waals surface area contributed by atoms with Crippen LogP contribution in [-0.2, 0) is 6.54 Å². The minimum Gasteiger partial charge on any atom is -0.390 e. The van der Waals surface area contributed by atoms with E-state index in [-0.39, 0.29) is 24.2 Å². The minimum absolute atomic E-state index is 0.00537. The third-order valence-electron chi connectivity index (χ3n) is 1.55. The normalized spacial score (nSPS) is 12.8. The van der Waals surface area contributed by atoms with Crippen LogP contribution in [0.4, 0.5) is 0 Å². The number of nitrogens with one attached hydrogen (secondary N) is 1. The fraction of sp³-hybridized carbons (Fsp3) is 0.429. The maximum absolute atomic E-state index is 11.1. The Hall–Kier alpha value is -1.40. The molecular formula is C7H11N3O3. The van der Waals surface area contributed by atoms with Gasteiger partial charge in [-0.25, -0.2) is 4.68 Å². The van der Waals surface area contributed by atoms with Crippen molar-refractivity contribution in [3.63, 3.8) is 0 Å². The van der Waals surface area contributed by atoms with Crippen LogP contribution >= 0.6 is 0 Å². The summed E-state index contributed by atoms with van der Waals surface area (Å²) in [7, 11) is 0. The van der Waals surface area contributed by atoms with Gasteiger partial charge in [-0.05, 0) is 0 Å². The zero-order chi connectivity index (χ0) is 9.84. The molecule has 13 heavy (non-hydrogen) atoms. The van der Waals surface area contributed by atoms with Gasteiger partial charge in [0.2, 0.25) is 0 Å². The van der Waals surface area contributed by atoms with E-state index < -0.39 is 6.10 Å². The van der Waals surface area contributed by atoms with Crippen LogP contribution in [0.25, 0.3) is 0 Å². The molecule has 1 aromatic heterocycles. The van der Waals surface area contributed by atoms with E-state index in [2.05, 4.69) is 5.10 Å². The lowest BCUT2D eigenvalue weighted by Crippen LogP contribution is -2.35. The number of hydrogen-bond acceptors (Lipinski definition) is 4. The molecule has 6 heteroatoms. The van der Waals surface area contributed by atoms with Crippen molar-refractivity contribution in [3.05, 3.63) is 32.8 Å².